The zero-order valence-corrected chi connectivity index (χ0v) is 11.6. The van der Waals surface area contributed by atoms with Crippen LogP contribution in [-0.4, -0.2) is 24.1 Å². The van der Waals surface area contributed by atoms with E-state index in [4.69, 9.17) is 21.1 Å². The molecule has 0 spiro atoms. The summed E-state index contributed by atoms with van der Waals surface area (Å²) in [5, 5.41) is 7.66. The Balaban J connectivity index is 2.46. The Bertz CT molecular complexity index is 618. The number of alkyl halides is 3. The summed E-state index contributed by atoms with van der Waals surface area (Å²) in [5.41, 5.74) is -0.109. The number of methoxy groups -OCH3 is 1. The third-order valence-corrected chi connectivity index (χ3v) is 2.75. The van der Waals surface area contributed by atoms with Gasteiger partial charge in [-0.05, 0) is 30.3 Å². The number of rotatable bonds is 4. The zero-order valence-electron chi connectivity index (χ0n) is 10.8. The van der Waals surface area contributed by atoms with Crippen LogP contribution in [0.15, 0.2) is 30.3 Å². The lowest BCUT2D eigenvalue weighted by molar-refractivity contribution is -0.137. The molecule has 0 bridgehead atoms. The smallest absolute Gasteiger partial charge is 0.416 e. The van der Waals surface area contributed by atoms with Crippen molar-refractivity contribution in [2.24, 2.45) is 0 Å². The molecule has 1 aromatic heterocycles. The number of nitrogens with zero attached hydrogens (tertiary/aromatic N) is 2. The van der Waals surface area contributed by atoms with Crippen LogP contribution in [0, 0.1) is 0 Å². The molecule has 1 heterocycles. The summed E-state index contributed by atoms with van der Waals surface area (Å²) in [6.45, 7) is -0.185. The van der Waals surface area contributed by atoms with Crippen molar-refractivity contribution in [3.05, 3.63) is 41.0 Å². The van der Waals surface area contributed by atoms with Crippen LogP contribution in [0.25, 0.3) is 11.3 Å². The van der Waals surface area contributed by atoms with E-state index in [1.54, 1.807) is 0 Å². The monoisotopic (exact) mass is 318 g/mol. The van der Waals surface area contributed by atoms with E-state index in [0.717, 1.165) is 12.1 Å². The van der Waals surface area contributed by atoms with Crippen LogP contribution in [0.3, 0.4) is 0 Å². The van der Waals surface area contributed by atoms with Crippen molar-refractivity contribution in [2.75, 3.05) is 13.9 Å². The highest BCUT2D eigenvalue weighted by molar-refractivity contribution is 6.29. The summed E-state index contributed by atoms with van der Waals surface area (Å²) in [7, 11) is 1.37. The molecule has 0 N–H and O–H groups in total. The van der Waals surface area contributed by atoms with Crippen LogP contribution >= 0.6 is 11.6 Å². The molecule has 0 saturated carbocycles. The van der Waals surface area contributed by atoms with Crippen molar-refractivity contribution in [2.45, 2.75) is 6.18 Å². The molecule has 1 aromatic carbocycles. The highest BCUT2D eigenvalue weighted by atomic mass is 35.5. The molecule has 0 aliphatic rings. The lowest BCUT2D eigenvalue weighted by Gasteiger charge is -2.13. The Morgan fingerprint density at radius 1 is 1.14 bits per heavy atom. The van der Waals surface area contributed by atoms with Gasteiger partial charge in [-0.1, -0.05) is 11.6 Å². The largest absolute Gasteiger partial charge is 0.467 e. The number of hydrogen-bond acceptors (Lipinski definition) is 4. The Morgan fingerprint density at radius 3 is 2.48 bits per heavy atom. The van der Waals surface area contributed by atoms with Gasteiger partial charge in [-0.25, -0.2) is 0 Å². The van der Waals surface area contributed by atoms with Gasteiger partial charge in [0.2, 0.25) is 0 Å². The van der Waals surface area contributed by atoms with Gasteiger partial charge in [0.1, 0.15) is 5.75 Å². The van der Waals surface area contributed by atoms with Crippen LogP contribution < -0.4 is 4.74 Å². The molecule has 0 fully saturated rings. The standard InChI is InChI=1S/C13H10ClF3N2O2/c1-20-7-21-11-6-8(13(15,16)17)2-3-9(11)10-4-5-12(14)19-18-10/h2-6H,7H2,1H3. The van der Waals surface area contributed by atoms with Gasteiger partial charge in [-0.15, -0.1) is 10.2 Å². The second-order valence-electron chi connectivity index (χ2n) is 4.00. The number of benzene rings is 1. The van der Waals surface area contributed by atoms with Gasteiger partial charge in [0, 0.05) is 12.7 Å². The SMILES string of the molecule is COCOc1cc(C(F)(F)F)ccc1-c1ccc(Cl)nn1. The number of hydrogen-bond donors (Lipinski definition) is 0. The number of ether oxygens (including phenoxy) is 2. The lowest BCUT2D eigenvalue weighted by Crippen LogP contribution is -2.07. The van der Waals surface area contributed by atoms with Gasteiger partial charge >= 0.3 is 6.18 Å². The highest BCUT2D eigenvalue weighted by Crippen LogP contribution is 2.36. The average Bonchev–Trinajstić information content (AvgIpc) is 2.45. The van der Waals surface area contributed by atoms with Gasteiger partial charge < -0.3 is 9.47 Å². The maximum absolute atomic E-state index is 12.7. The summed E-state index contributed by atoms with van der Waals surface area (Å²) < 4.78 is 48.1. The second kappa shape index (κ2) is 6.28. The van der Waals surface area contributed by atoms with Crippen LogP contribution in [0.1, 0.15) is 5.56 Å². The summed E-state index contributed by atoms with van der Waals surface area (Å²) in [6.07, 6.45) is -4.46. The van der Waals surface area contributed by atoms with Gasteiger partial charge in [0.25, 0.3) is 0 Å². The molecular formula is C13H10ClF3N2O2. The fourth-order valence-corrected chi connectivity index (χ4v) is 1.71. The first-order chi connectivity index (χ1) is 9.91. The Hall–Kier alpha value is -1.86. The molecule has 2 aromatic rings. The van der Waals surface area contributed by atoms with Crippen molar-refractivity contribution in [1.82, 2.24) is 10.2 Å². The van der Waals surface area contributed by atoms with Crippen molar-refractivity contribution in [3.8, 4) is 17.0 Å². The molecule has 0 aliphatic carbocycles. The van der Waals surface area contributed by atoms with Crippen molar-refractivity contribution < 1.29 is 22.6 Å². The zero-order chi connectivity index (χ0) is 15.5. The van der Waals surface area contributed by atoms with Gasteiger partial charge in [0.15, 0.2) is 11.9 Å². The third kappa shape index (κ3) is 3.83. The van der Waals surface area contributed by atoms with Crippen LogP contribution in [-0.2, 0) is 10.9 Å². The van der Waals surface area contributed by atoms with E-state index < -0.39 is 11.7 Å². The van der Waals surface area contributed by atoms with Crippen molar-refractivity contribution >= 4 is 11.6 Å². The summed E-state index contributed by atoms with van der Waals surface area (Å²) >= 11 is 5.63. The normalized spacial score (nSPS) is 11.5. The molecule has 112 valence electrons. The molecular weight excluding hydrogens is 309 g/mol. The van der Waals surface area contributed by atoms with E-state index in [9.17, 15) is 13.2 Å². The van der Waals surface area contributed by atoms with E-state index in [-0.39, 0.29) is 17.7 Å². The van der Waals surface area contributed by atoms with Crippen LogP contribution in [0.4, 0.5) is 13.2 Å². The van der Waals surface area contributed by atoms with Gasteiger partial charge in [0.05, 0.1) is 11.3 Å². The summed E-state index contributed by atoms with van der Waals surface area (Å²) in [5.74, 6) is 0.00305. The quantitative estimate of drug-likeness (QED) is 0.804. The van der Waals surface area contributed by atoms with Gasteiger partial charge in [-0.3, -0.25) is 0 Å². The van der Waals surface area contributed by atoms with E-state index in [1.807, 2.05) is 0 Å². The minimum Gasteiger partial charge on any atom is -0.467 e. The lowest BCUT2D eigenvalue weighted by atomic mass is 10.1. The van der Waals surface area contributed by atoms with Crippen LogP contribution in [0.2, 0.25) is 5.15 Å². The minimum absolute atomic E-state index is 0.00305. The van der Waals surface area contributed by atoms with Crippen molar-refractivity contribution in [3.63, 3.8) is 0 Å². The fourth-order valence-electron chi connectivity index (χ4n) is 1.61. The van der Waals surface area contributed by atoms with Crippen molar-refractivity contribution in [1.29, 1.82) is 0 Å². The molecule has 21 heavy (non-hydrogen) atoms. The third-order valence-electron chi connectivity index (χ3n) is 2.55. The number of halogens is 4. The van der Waals surface area contributed by atoms with E-state index in [2.05, 4.69) is 10.2 Å². The molecule has 0 unspecified atom stereocenters. The molecule has 4 nitrogen and oxygen atoms in total. The first-order valence-corrected chi connectivity index (χ1v) is 6.12. The Morgan fingerprint density at radius 2 is 1.90 bits per heavy atom. The first kappa shape index (κ1) is 15.5. The maximum atomic E-state index is 12.7. The number of aromatic nitrogens is 2. The molecule has 0 radical (unpaired) electrons. The predicted molar refractivity (Wildman–Crippen MR) is 70.0 cm³/mol. The minimum atomic E-state index is -4.46. The Labute approximate surface area is 123 Å². The molecule has 2 rings (SSSR count). The summed E-state index contributed by atoms with van der Waals surface area (Å²) in [6, 6.07) is 6.14. The fraction of sp³-hybridized carbons (Fsp3) is 0.231. The van der Waals surface area contributed by atoms with E-state index >= 15 is 0 Å². The second-order valence-corrected chi connectivity index (χ2v) is 4.39. The summed E-state index contributed by atoms with van der Waals surface area (Å²) in [4.78, 5) is 0. The molecule has 0 aliphatic heterocycles. The van der Waals surface area contributed by atoms with Crippen LogP contribution in [0.5, 0.6) is 5.75 Å². The average molecular weight is 319 g/mol. The molecule has 8 heteroatoms. The predicted octanol–water partition coefficient (Wildman–Crippen LogP) is 3.80. The first-order valence-electron chi connectivity index (χ1n) is 5.74. The van der Waals surface area contributed by atoms with E-state index in [1.165, 1.54) is 25.3 Å². The van der Waals surface area contributed by atoms with Gasteiger partial charge in [-0.2, -0.15) is 13.2 Å². The maximum Gasteiger partial charge on any atom is 0.416 e. The highest BCUT2D eigenvalue weighted by Gasteiger charge is 2.31. The molecule has 0 atom stereocenters. The molecule has 0 saturated heterocycles. The topological polar surface area (TPSA) is 44.2 Å². The molecule has 0 amide bonds. The van der Waals surface area contributed by atoms with E-state index in [0.29, 0.717) is 11.3 Å². The Kier molecular flexibility index (Phi) is 4.64.